The molecule has 1 atom stereocenters. The van der Waals surface area contributed by atoms with E-state index in [1.165, 1.54) is 31.7 Å². The molecule has 17 heavy (non-hydrogen) atoms. The van der Waals surface area contributed by atoms with Crippen LogP contribution < -0.4 is 11.1 Å². The van der Waals surface area contributed by atoms with Crippen molar-refractivity contribution in [3.8, 4) is 0 Å². The van der Waals surface area contributed by atoms with Crippen LogP contribution in [0.25, 0.3) is 0 Å². The number of hydrogen-bond acceptors (Lipinski definition) is 2. The quantitative estimate of drug-likeness (QED) is 0.785. The molecular weight excluding hydrogens is 215 g/mol. The molecule has 2 nitrogen and oxygen atoms in total. The maximum Gasteiger partial charge on any atom is 0.128 e. The number of halogens is 1. The third-order valence-electron chi connectivity index (χ3n) is 3.82. The molecule has 1 aliphatic rings. The second kappa shape index (κ2) is 4.94. The molecule has 1 aromatic rings. The highest BCUT2D eigenvalue weighted by Crippen LogP contribution is 2.31. The first-order valence-corrected chi connectivity index (χ1v) is 6.40. The minimum Gasteiger partial charge on any atom is -0.397 e. The average molecular weight is 236 g/mol. The molecular formula is C14H21FN2. The Kier molecular flexibility index (Phi) is 3.55. The van der Waals surface area contributed by atoms with Crippen LogP contribution in [0.2, 0.25) is 0 Å². The molecule has 0 spiro atoms. The zero-order valence-electron chi connectivity index (χ0n) is 10.6. The number of hydrogen-bond donors (Lipinski definition) is 2. The SMILES string of the molecule is Cc1cc(NC(C)C2CCCC2)c(N)cc1F. The van der Waals surface area contributed by atoms with Gasteiger partial charge in [0.05, 0.1) is 11.4 Å². The summed E-state index contributed by atoms with van der Waals surface area (Å²) in [5.74, 6) is 0.487. The van der Waals surface area contributed by atoms with Gasteiger partial charge in [-0.3, -0.25) is 0 Å². The van der Waals surface area contributed by atoms with E-state index >= 15 is 0 Å². The van der Waals surface area contributed by atoms with Crippen LogP contribution in [0.4, 0.5) is 15.8 Å². The minimum absolute atomic E-state index is 0.235. The Balaban J connectivity index is 2.09. The average Bonchev–Trinajstić information content (AvgIpc) is 2.79. The lowest BCUT2D eigenvalue weighted by Gasteiger charge is -2.22. The second-order valence-electron chi connectivity index (χ2n) is 5.17. The Labute approximate surface area is 102 Å². The number of benzene rings is 1. The number of nitrogens with two attached hydrogens (primary N) is 1. The first kappa shape index (κ1) is 12.2. The standard InChI is InChI=1S/C14H21FN2/c1-9-7-14(13(16)8-12(9)15)17-10(2)11-5-3-4-6-11/h7-8,10-11,17H,3-6,16H2,1-2H3. The molecule has 0 saturated heterocycles. The van der Waals surface area contributed by atoms with Crippen LogP contribution in [0.5, 0.6) is 0 Å². The Morgan fingerprint density at radius 1 is 1.35 bits per heavy atom. The first-order valence-electron chi connectivity index (χ1n) is 6.40. The van der Waals surface area contributed by atoms with Crippen molar-refractivity contribution >= 4 is 11.4 Å². The van der Waals surface area contributed by atoms with Gasteiger partial charge in [-0.25, -0.2) is 4.39 Å². The van der Waals surface area contributed by atoms with Crippen molar-refractivity contribution in [2.24, 2.45) is 5.92 Å². The van der Waals surface area contributed by atoms with Crippen molar-refractivity contribution in [1.82, 2.24) is 0 Å². The molecule has 0 heterocycles. The Morgan fingerprint density at radius 3 is 2.65 bits per heavy atom. The van der Waals surface area contributed by atoms with E-state index in [-0.39, 0.29) is 5.82 Å². The smallest absolute Gasteiger partial charge is 0.128 e. The van der Waals surface area contributed by atoms with Gasteiger partial charge in [0, 0.05) is 6.04 Å². The number of nitrogens with one attached hydrogen (secondary N) is 1. The van der Waals surface area contributed by atoms with E-state index in [0.717, 1.165) is 11.6 Å². The third kappa shape index (κ3) is 2.71. The van der Waals surface area contributed by atoms with Gasteiger partial charge in [-0.05, 0) is 50.3 Å². The lowest BCUT2D eigenvalue weighted by molar-refractivity contribution is 0.482. The summed E-state index contributed by atoms with van der Waals surface area (Å²) in [7, 11) is 0. The van der Waals surface area contributed by atoms with Crippen molar-refractivity contribution in [3.63, 3.8) is 0 Å². The molecule has 3 heteroatoms. The van der Waals surface area contributed by atoms with E-state index in [2.05, 4.69) is 12.2 Å². The number of aryl methyl sites for hydroxylation is 1. The Hall–Kier alpha value is -1.25. The van der Waals surface area contributed by atoms with Gasteiger partial charge in [-0.2, -0.15) is 0 Å². The predicted molar refractivity (Wildman–Crippen MR) is 70.6 cm³/mol. The van der Waals surface area contributed by atoms with Crippen LogP contribution in [0.1, 0.15) is 38.2 Å². The van der Waals surface area contributed by atoms with Crippen LogP contribution in [0.15, 0.2) is 12.1 Å². The van der Waals surface area contributed by atoms with Gasteiger partial charge >= 0.3 is 0 Å². The van der Waals surface area contributed by atoms with E-state index in [9.17, 15) is 4.39 Å². The molecule has 0 amide bonds. The van der Waals surface area contributed by atoms with Gasteiger partial charge < -0.3 is 11.1 Å². The van der Waals surface area contributed by atoms with Gasteiger partial charge in [0.2, 0.25) is 0 Å². The molecule has 1 aromatic carbocycles. The molecule has 1 fully saturated rings. The van der Waals surface area contributed by atoms with Crippen LogP contribution >= 0.6 is 0 Å². The lowest BCUT2D eigenvalue weighted by atomic mass is 9.99. The summed E-state index contributed by atoms with van der Waals surface area (Å²) >= 11 is 0. The topological polar surface area (TPSA) is 38.0 Å². The van der Waals surface area contributed by atoms with Gasteiger partial charge in [-0.15, -0.1) is 0 Å². The minimum atomic E-state index is -0.235. The highest BCUT2D eigenvalue weighted by Gasteiger charge is 2.21. The van der Waals surface area contributed by atoms with Crippen molar-refractivity contribution in [2.45, 2.75) is 45.6 Å². The van der Waals surface area contributed by atoms with Crippen molar-refractivity contribution in [2.75, 3.05) is 11.1 Å². The van der Waals surface area contributed by atoms with E-state index in [1.807, 2.05) is 0 Å². The number of anilines is 2. The van der Waals surface area contributed by atoms with Crippen LogP contribution in [0.3, 0.4) is 0 Å². The van der Waals surface area contributed by atoms with Crippen molar-refractivity contribution in [3.05, 3.63) is 23.5 Å². The third-order valence-corrected chi connectivity index (χ3v) is 3.82. The maximum absolute atomic E-state index is 13.3. The monoisotopic (exact) mass is 236 g/mol. The zero-order chi connectivity index (χ0) is 12.4. The Bertz CT molecular complexity index is 397. The molecule has 3 N–H and O–H groups in total. The molecule has 0 radical (unpaired) electrons. The van der Waals surface area contributed by atoms with E-state index in [4.69, 9.17) is 5.73 Å². The molecule has 0 aromatic heterocycles. The number of nitrogen functional groups attached to an aromatic ring is 1. The molecule has 1 aliphatic carbocycles. The fraction of sp³-hybridized carbons (Fsp3) is 0.571. The molecule has 1 saturated carbocycles. The summed E-state index contributed by atoms with van der Waals surface area (Å²) in [6.45, 7) is 3.95. The summed E-state index contributed by atoms with van der Waals surface area (Å²) < 4.78 is 13.3. The van der Waals surface area contributed by atoms with Crippen molar-refractivity contribution < 1.29 is 4.39 Å². The molecule has 0 aliphatic heterocycles. The summed E-state index contributed by atoms with van der Waals surface area (Å²) in [6, 6.07) is 3.61. The number of rotatable bonds is 3. The molecule has 1 unspecified atom stereocenters. The van der Waals surface area contributed by atoms with Crippen molar-refractivity contribution in [1.29, 1.82) is 0 Å². The van der Waals surface area contributed by atoms with Gasteiger partial charge in [0.1, 0.15) is 5.82 Å². The maximum atomic E-state index is 13.3. The van der Waals surface area contributed by atoms with Crippen LogP contribution in [0, 0.1) is 18.7 Å². The molecule has 0 bridgehead atoms. The van der Waals surface area contributed by atoms with E-state index in [0.29, 0.717) is 17.3 Å². The van der Waals surface area contributed by atoms with E-state index in [1.54, 1.807) is 13.0 Å². The summed E-state index contributed by atoms with van der Waals surface area (Å²) in [6.07, 6.45) is 5.23. The summed E-state index contributed by atoms with van der Waals surface area (Å²) in [4.78, 5) is 0. The Morgan fingerprint density at radius 2 is 2.00 bits per heavy atom. The normalized spacial score (nSPS) is 18.3. The first-order chi connectivity index (χ1) is 8.08. The fourth-order valence-corrected chi connectivity index (χ4v) is 2.64. The zero-order valence-corrected chi connectivity index (χ0v) is 10.6. The molecule has 94 valence electrons. The van der Waals surface area contributed by atoms with Gasteiger partial charge in [-0.1, -0.05) is 12.8 Å². The van der Waals surface area contributed by atoms with E-state index < -0.39 is 0 Å². The summed E-state index contributed by atoms with van der Waals surface area (Å²) in [5, 5.41) is 3.43. The van der Waals surface area contributed by atoms with Gasteiger partial charge in [0.25, 0.3) is 0 Å². The van der Waals surface area contributed by atoms with Crippen LogP contribution in [-0.2, 0) is 0 Å². The summed E-state index contributed by atoms with van der Waals surface area (Å²) in [5.41, 5.74) is 7.84. The highest BCUT2D eigenvalue weighted by atomic mass is 19.1. The predicted octanol–water partition coefficient (Wildman–Crippen LogP) is 3.71. The van der Waals surface area contributed by atoms with Gasteiger partial charge in [0.15, 0.2) is 0 Å². The second-order valence-corrected chi connectivity index (χ2v) is 5.17. The lowest BCUT2D eigenvalue weighted by Crippen LogP contribution is -2.24. The highest BCUT2D eigenvalue weighted by molar-refractivity contribution is 5.67. The largest absolute Gasteiger partial charge is 0.397 e. The molecule has 2 rings (SSSR count). The fourth-order valence-electron chi connectivity index (χ4n) is 2.64. The van der Waals surface area contributed by atoms with Crippen LogP contribution in [-0.4, -0.2) is 6.04 Å².